The summed E-state index contributed by atoms with van der Waals surface area (Å²) < 4.78 is 4.93. The predicted molar refractivity (Wildman–Crippen MR) is 78.3 cm³/mol. The van der Waals surface area contributed by atoms with Crippen LogP contribution in [0.15, 0.2) is 16.7 Å². The van der Waals surface area contributed by atoms with E-state index in [-0.39, 0.29) is 18.1 Å². The van der Waals surface area contributed by atoms with Crippen LogP contribution >= 0.6 is 0 Å². The van der Waals surface area contributed by atoms with Crippen LogP contribution in [-0.2, 0) is 6.54 Å². The van der Waals surface area contributed by atoms with Crippen LogP contribution < -0.4 is 10.2 Å². The lowest BCUT2D eigenvalue weighted by Crippen LogP contribution is -2.31. The van der Waals surface area contributed by atoms with Gasteiger partial charge in [-0.2, -0.15) is 4.98 Å². The summed E-state index contributed by atoms with van der Waals surface area (Å²) in [5.74, 6) is 1.41. The number of aryl methyl sites for hydroxylation is 1. The second kappa shape index (κ2) is 6.50. The van der Waals surface area contributed by atoms with Crippen LogP contribution in [0.1, 0.15) is 41.5 Å². The molecule has 8 nitrogen and oxygen atoms in total. The highest BCUT2D eigenvalue weighted by Crippen LogP contribution is 2.16. The first-order chi connectivity index (χ1) is 10.7. The van der Waals surface area contributed by atoms with Gasteiger partial charge < -0.3 is 14.7 Å². The van der Waals surface area contributed by atoms with Crippen molar-refractivity contribution in [1.29, 1.82) is 0 Å². The van der Waals surface area contributed by atoms with E-state index in [0.717, 1.165) is 18.9 Å². The molecule has 1 amide bonds. The lowest BCUT2D eigenvalue weighted by Gasteiger charge is -2.27. The van der Waals surface area contributed by atoms with E-state index < -0.39 is 0 Å². The van der Waals surface area contributed by atoms with E-state index in [0.29, 0.717) is 11.7 Å². The Hall–Kier alpha value is -2.51. The zero-order valence-electron chi connectivity index (χ0n) is 12.4. The minimum atomic E-state index is -0.312. The molecule has 1 aliphatic rings. The number of aromatic nitrogens is 4. The Morgan fingerprint density at radius 2 is 2.09 bits per heavy atom. The molecule has 0 saturated carbocycles. The maximum atomic E-state index is 12.0. The Morgan fingerprint density at radius 1 is 1.27 bits per heavy atom. The number of nitrogens with one attached hydrogen (secondary N) is 1. The van der Waals surface area contributed by atoms with Crippen LogP contribution in [0.4, 0.5) is 5.82 Å². The van der Waals surface area contributed by atoms with Gasteiger partial charge in [-0.1, -0.05) is 5.16 Å². The first-order valence-corrected chi connectivity index (χ1v) is 7.38. The van der Waals surface area contributed by atoms with E-state index in [2.05, 4.69) is 30.6 Å². The number of rotatable bonds is 4. The van der Waals surface area contributed by atoms with Crippen molar-refractivity contribution >= 4 is 11.7 Å². The van der Waals surface area contributed by atoms with Gasteiger partial charge in [-0.3, -0.25) is 4.79 Å². The molecule has 0 aromatic carbocycles. The highest BCUT2D eigenvalue weighted by Gasteiger charge is 2.14. The summed E-state index contributed by atoms with van der Waals surface area (Å²) in [7, 11) is 0. The van der Waals surface area contributed by atoms with Crippen LogP contribution in [0.2, 0.25) is 0 Å². The van der Waals surface area contributed by atoms with Crippen molar-refractivity contribution in [1.82, 2.24) is 25.7 Å². The van der Waals surface area contributed by atoms with Crippen molar-refractivity contribution in [3.8, 4) is 0 Å². The van der Waals surface area contributed by atoms with E-state index >= 15 is 0 Å². The standard InChI is InChI=1S/C14H18N6O2/c1-10-16-13(22-19-10)9-15-14(21)11-5-6-12(18-17-11)20-7-3-2-4-8-20/h5-6H,2-4,7-9H2,1H3,(H,15,21). The Labute approximate surface area is 127 Å². The Kier molecular flexibility index (Phi) is 4.27. The van der Waals surface area contributed by atoms with Crippen LogP contribution in [0.5, 0.6) is 0 Å². The molecule has 2 aromatic heterocycles. The van der Waals surface area contributed by atoms with E-state index in [1.807, 2.05) is 6.07 Å². The van der Waals surface area contributed by atoms with Crippen molar-refractivity contribution in [2.45, 2.75) is 32.7 Å². The van der Waals surface area contributed by atoms with Crippen LogP contribution in [0.3, 0.4) is 0 Å². The lowest BCUT2D eigenvalue weighted by atomic mass is 10.1. The summed E-state index contributed by atoms with van der Waals surface area (Å²) in [6, 6.07) is 3.52. The van der Waals surface area contributed by atoms with Crippen molar-refractivity contribution in [2.24, 2.45) is 0 Å². The first-order valence-electron chi connectivity index (χ1n) is 7.38. The summed E-state index contributed by atoms with van der Waals surface area (Å²) in [6.07, 6.45) is 3.61. The zero-order chi connectivity index (χ0) is 15.4. The van der Waals surface area contributed by atoms with E-state index in [4.69, 9.17) is 4.52 Å². The fourth-order valence-corrected chi connectivity index (χ4v) is 2.40. The first kappa shape index (κ1) is 14.4. The SMILES string of the molecule is Cc1noc(CNC(=O)c2ccc(N3CCCCC3)nn2)n1. The number of anilines is 1. The van der Waals surface area contributed by atoms with E-state index in [1.165, 1.54) is 19.3 Å². The smallest absolute Gasteiger partial charge is 0.272 e. The van der Waals surface area contributed by atoms with E-state index in [1.54, 1.807) is 13.0 Å². The van der Waals surface area contributed by atoms with Gasteiger partial charge >= 0.3 is 0 Å². The molecule has 8 heteroatoms. The average molecular weight is 302 g/mol. The Bertz CT molecular complexity index is 633. The number of carbonyl (C=O) groups excluding carboxylic acids is 1. The normalized spacial score (nSPS) is 14.9. The molecule has 3 heterocycles. The maximum Gasteiger partial charge on any atom is 0.272 e. The molecule has 1 fully saturated rings. The van der Waals surface area contributed by atoms with Gasteiger partial charge in [0.15, 0.2) is 17.3 Å². The fraction of sp³-hybridized carbons (Fsp3) is 0.500. The maximum absolute atomic E-state index is 12.0. The number of carbonyl (C=O) groups is 1. The van der Waals surface area contributed by atoms with Crippen molar-refractivity contribution < 1.29 is 9.32 Å². The molecule has 0 bridgehead atoms. The molecule has 2 aromatic rings. The second-order valence-corrected chi connectivity index (χ2v) is 5.24. The summed E-state index contributed by atoms with van der Waals surface area (Å²) in [5, 5.41) is 14.5. The monoisotopic (exact) mass is 302 g/mol. The van der Waals surface area contributed by atoms with Crippen molar-refractivity contribution in [2.75, 3.05) is 18.0 Å². The largest absolute Gasteiger partial charge is 0.355 e. The van der Waals surface area contributed by atoms with Crippen LogP contribution in [0.25, 0.3) is 0 Å². The minimum Gasteiger partial charge on any atom is -0.355 e. The molecule has 0 unspecified atom stereocenters. The van der Waals surface area contributed by atoms with Gasteiger partial charge in [0.05, 0.1) is 6.54 Å². The molecule has 1 aliphatic heterocycles. The molecule has 22 heavy (non-hydrogen) atoms. The van der Waals surface area contributed by atoms with Crippen LogP contribution in [0, 0.1) is 6.92 Å². The summed E-state index contributed by atoms with van der Waals surface area (Å²) in [6.45, 7) is 3.89. The molecule has 3 rings (SSSR count). The van der Waals surface area contributed by atoms with Gasteiger partial charge in [0, 0.05) is 13.1 Å². The van der Waals surface area contributed by atoms with Gasteiger partial charge in [-0.05, 0) is 38.3 Å². The van der Waals surface area contributed by atoms with Gasteiger partial charge in [0.1, 0.15) is 0 Å². The number of hydrogen-bond acceptors (Lipinski definition) is 7. The third-order valence-electron chi connectivity index (χ3n) is 3.53. The van der Waals surface area contributed by atoms with Crippen LogP contribution in [-0.4, -0.2) is 39.3 Å². The molecular weight excluding hydrogens is 284 g/mol. The summed E-state index contributed by atoms with van der Waals surface area (Å²) in [4.78, 5) is 18.2. The number of hydrogen-bond donors (Lipinski definition) is 1. The molecule has 0 spiro atoms. The second-order valence-electron chi connectivity index (χ2n) is 5.24. The molecule has 116 valence electrons. The molecule has 1 saturated heterocycles. The van der Waals surface area contributed by atoms with Gasteiger partial charge in [0.2, 0.25) is 5.89 Å². The molecular formula is C14H18N6O2. The lowest BCUT2D eigenvalue weighted by molar-refractivity contribution is 0.0940. The summed E-state index contributed by atoms with van der Waals surface area (Å²) in [5.41, 5.74) is 0.275. The summed E-state index contributed by atoms with van der Waals surface area (Å²) >= 11 is 0. The van der Waals surface area contributed by atoms with Gasteiger partial charge in [-0.15, -0.1) is 10.2 Å². The Morgan fingerprint density at radius 3 is 2.73 bits per heavy atom. The molecule has 0 radical (unpaired) electrons. The van der Waals surface area contributed by atoms with Gasteiger partial charge in [0.25, 0.3) is 5.91 Å². The number of piperidine rings is 1. The molecule has 1 N–H and O–H groups in total. The fourth-order valence-electron chi connectivity index (χ4n) is 2.40. The quantitative estimate of drug-likeness (QED) is 0.902. The highest BCUT2D eigenvalue weighted by atomic mass is 16.5. The highest BCUT2D eigenvalue weighted by molar-refractivity contribution is 5.92. The number of nitrogens with zero attached hydrogens (tertiary/aromatic N) is 5. The molecule has 0 atom stereocenters. The average Bonchev–Trinajstić information content (AvgIpc) is 2.99. The van der Waals surface area contributed by atoms with E-state index in [9.17, 15) is 4.79 Å². The van der Waals surface area contributed by atoms with Gasteiger partial charge in [-0.25, -0.2) is 0 Å². The number of amides is 1. The topological polar surface area (TPSA) is 97.0 Å². The zero-order valence-corrected chi connectivity index (χ0v) is 12.4. The minimum absolute atomic E-state index is 0.176. The third-order valence-corrected chi connectivity index (χ3v) is 3.53. The molecule has 0 aliphatic carbocycles. The van der Waals surface area contributed by atoms with Crippen molar-refractivity contribution in [3.05, 3.63) is 29.5 Å². The third kappa shape index (κ3) is 3.38. The Balaban J connectivity index is 1.58. The predicted octanol–water partition coefficient (Wildman–Crippen LogP) is 1.09. The van der Waals surface area contributed by atoms with Crippen molar-refractivity contribution in [3.63, 3.8) is 0 Å².